The van der Waals surface area contributed by atoms with E-state index in [1.807, 2.05) is 5.32 Å². The molecule has 0 radical (unpaired) electrons. The van der Waals surface area contributed by atoms with Crippen molar-refractivity contribution in [2.45, 2.75) is 36.0 Å². The van der Waals surface area contributed by atoms with Gasteiger partial charge < -0.3 is 19.9 Å². The average molecular weight is 480 g/mol. The van der Waals surface area contributed by atoms with Crippen molar-refractivity contribution in [2.75, 3.05) is 18.0 Å². The van der Waals surface area contributed by atoms with Crippen molar-refractivity contribution in [3.05, 3.63) is 32.7 Å². The molecule has 0 aliphatic carbocycles. The van der Waals surface area contributed by atoms with Crippen molar-refractivity contribution in [1.29, 1.82) is 0 Å². The molecule has 2 atom stereocenters. The largest absolute Gasteiger partial charge is 0.477 e. The normalized spacial score (nSPS) is 20.5. The highest BCUT2D eigenvalue weighted by atomic mass is 35.5. The molecule has 0 saturated carbocycles. The molecule has 1 fully saturated rings. The number of pyridine rings is 1. The van der Waals surface area contributed by atoms with Crippen molar-refractivity contribution < 1.29 is 32.3 Å². The average Bonchev–Trinajstić information content (AvgIpc) is 3.09. The van der Waals surface area contributed by atoms with Gasteiger partial charge in [0.05, 0.1) is 32.0 Å². The summed E-state index contributed by atoms with van der Waals surface area (Å²) < 4.78 is 54.0. The standard InChI is InChI=1S/C18H14ClF4N3O4S/c1-6-26-12-8(14(27)10(16(28)29)15(26)31-6)4-9(20)13(11(12)19)25-3-2-7(5-25)24-17(30)18(21,22)23/h4,6-7H,2-3,5H2,1H3,(H,24,30)(H,28,29). The maximum Gasteiger partial charge on any atom is 0.471 e. The quantitative estimate of drug-likeness (QED) is 0.656. The number of carbonyl (C=O) groups is 2. The van der Waals surface area contributed by atoms with E-state index in [1.165, 1.54) is 9.47 Å². The molecule has 0 spiro atoms. The van der Waals surface area contributed by atoms with E-state index < -0.39 is 40.9 Å². The number of halogens is 5. The number of alkyl halides is 3. The molecule has 31 heavy (non-hydrogen) atoms. The first kappa shape index (κ1) is 21.8. The second kappa shape index (κ2) is 7.30. The fraction of sp³-hybridized carbons (Fsp3) is 0.389. The number of aromatic nitrogens is 1. The number of hydrogen-bond acceptors (Lipinski definition) is 5. The maximum atomic E-state index is 15.0. The first-order valence-corrected chi connectivity index (χ1v) is 10.3. The molecule has 0 bridgehead atoms. The van der Waals surface area contributed by atoms with Crippen LogP contribution in [0, 0.1) is 5.82 Å². The van der Waals surface area contributed by atoms with Crippen LogP contribution in [-0.2, 0) is 4.79 Å². The van der Waals surface area contributed by atoms with Crippen molar-refractivity contribution in [2.24, 2.45) is 0 Å². The van der Waals surface area contributed by atoms with E-state index in [1.54, 1.807) is 6.92 Å². The number of benzene rings is 1. The van der Waals surface area contributed by atoms with Crippen LogP contribution in [0.3, 0.4) is 0 Å². The number of anilines is 1. The van der Waals surface area contributed by atoms with Gasteiger partial charge in [-0.2, -0.15) is 13.2 Å². The summed E-state index contributed by atoms with van der Waals surface area (Å²) in [5, 5.41) is 10.9. The smallest absolute Gasteiger partial charge is 0.471 e. The zero-order valence-corrected chi connectivity index (χ0v) is 17.3. The minimum atomic E-state index is -5.03. The van der Waals surface area contributed by atoms with Crippen LogP contribution < -0.4 is 15.6 Å². The number of rotatable bonds is 3. The predicted molar refractivity (Wildman–Crippen MR) is 106 cm³/mol. The lowest BCUT2D eigenvalue weighted by molar-refractivity contribution is -0.174. The molecule has 4 rings (SSSR count). The summed E-state index contributed by atoms with van der Waals surface area (Å²) in [5.74, 6) is -4.42. The van der Waals surface area contributed by atoms with Gasteiger partial charge in [-0.1, -0.05) is 23.4 Å². The van der Waals surface area contributed by atoms with Gasteiger partial charge in [-0.25, -0.2) is 9.18 Å². The van der Waals surface area contributed by atoms with Crippen LogP contribution in [0.4, 0.5) is 23.2 Å². The highest BCUT2D eigenvalue weighted by molar-refractivity contribution is 8.00. The SMILES string of the molecule is CC1Sc2c(C(=O)O)c(=O)c3cc(F)c(N4CCC(NC(=O)C(F)(F)F)C4)c(Cl)c3n21. The van der Waals surface area contributed by atoms with Gasteiger partial charge in [0.2, 0.25) is 5.43 Å². The van der Waals surface area contributed by atoms with Gasteiger partial charge in [-0.15, -0.1) is 0 Å². The van der Waals surface area contributed by atoms with Crippen LogP contribution in [-0.4, -0.2) is 46.9 Å². The lowest BCUT2D eigenvalue weighted by Crippen LogP contribution is -2.44. The third kappa shape index (κ3) is 3.41. The topological polar surface area (TPSA) is 91.6 Å². The molecule has 3 heterocycles. The molecular weight excluding hydrogens is 466 g/mol. The molecule has 1 aromatic carbocycles. The van der Waals surface area contributed by atoms with E-state index in [0.29, 0.717) is 0 Å². The van der Waals surface area contributed by atoms with Crippen molar-refractivity contribution in [3.63, 3.8) is 0 Å². The van der Waals surface area contributed by atoms with Crippen LogP contribution in [0.15, 0.2) is 15.9 Å². The Balaban J connectivity index is 1.78. The molecule has 7 nitrogen and oxygen atoms in total. The van der Waals surface area contributed by atoms with Crippen molar-refractivity contribution in [3.8, 4) is 0 Å². The van der Waals surface area contributed by atoms with Gasteiger partial charge in [-0.05, 0) is 19.4 Å². The number of hydrogen-bond donors (Lipinski definition) is 2. The summed E-state index contributed by atoms with van der Waals surface area (Å²) in [6, 6.07) is 0.0328. The van der Waals surface area contributed by atoms with E-state index in [0.717, 1.165) is 17.8 Å². The van der Waals surface area contributed by atoms with E-state index in [4.69, 9.17) is 11.6 Å². The molecule has 2 N–H and O–H groups in total. The highest BCUT2D eigenvalue weighted by Crippen LogP contribution is 2.49. The van der Waals surface area contributed by atoms with Gasteiger partial charge in [0.25, 0.3) is 0 Å². The van der Waals surface area contributed by atoms with Gasteiger partial charge in [0, 0.05) is 19.1 Å². The monoisotopic (exact) mass is 479 g/mol. The maximum absolute atomic E-state index is 15.0. The summed E-state index contributed by atoms with van der Waals surface area (Å²) in [4.78, 5) is 36.8. The van der Waals surface area contributed by atoms with Gasteiger partial charge >= 0.3 is 18.1 Å². The summed E-state index contributed by atoms with van der Waals surface area (Å²) in [7, 11) is 0. The molecule has 166 valence electrons. The summed E-state index contributed by atoms with van der Waals surface area (Å²) in [6.45, 7) is 1.77. The molecule has 1 amide bonds. The molecule has 1 aromatic heterocycles. The van der Waals surface area contributed by atoms with Gasteiger partial charge in [0.1, 0.15) is 11.4 Å². The lowest BCUT2D eigenvalue weighted by atomic mass is 10.1. The van der Waals surface area contributed by atoms with Crippen LogP contribution in [0.25, 0.3) is 10.9 Å². The molecule has 13 heteroatoms. The molecule has 1 saturated heterocycles. The van der Waals surface area contributed by atoms with E-state index in [2.05, 4.69) is 0 Å². The van der Waals surface area contributed by atoms with Crippen molar-refractivity contribution >= 4 is 51.8 Å². The number of thioether (sulfide) groups is 1. The Kier molecular flexibility index (Phi) is 5.12. The second-order valence-corrected chi connectivity index (χ2v) is 8.90. The van der Waals surface area contributed by atoms with E-state index >= 15 is 0 Å². The Morgan fingerprint density at radius 3 is 2.61 bits per heavy atom. The van der Waals surface area contributed by atoms with Gasteiger partial charge in [0.15, 0.2) is 0 Å². The number of fused-ring (bicyclic) bond motifs is 3. The fourth-order valence-electron chi connectivity index (χ4n) is 3.92. The van der Waals surface area contributed by atoms with Crippen LogP contribution in [0.5, 0.6) is 0 Å². The third-order valence-electron chi connectivity index (χ3n) is 5.27. The van der Waals surface area contributed by atoms with Crippen LogP contribution >= 0.6 is 23.4 Å². The number of carboxylic acid groups (broad SMARTS) is 1. The third-order valence-corrected chi connectivity index (χ3v) is 6.80. The van der Waals surface area contributed by atoms with Gasteiger partial charge in [-0.3, -0.25) is 9.59 Å². The Morgan fingerprint density at radius 2 is 2.03 bits per heavy atom. The Morgan fingerprint density at radius 1 is 1.35 bits per heavy atom. The van der Waals surface area contributed by atoms with Crippen LogP contribution in [0.2, 0.25) is 5.02 Å². The van der Waals surface area contributed by atoms with E-state index in [9.17, 15) is 37.1 Å². The molecule has 2 unspecified atom stereocenters. The predicted octanol–water partition coefficient (Wildman–Crippen LogP) is 3.37. The number of amides is 1. The fourth-order valence-corrected chi connectivity index (χ4v) is 5.46. The van der Waals surface area contributed by atoms with Crippen LogP contribution in [0.1, 0.15) is 29.1 Å². The summed E-state index contributed by atoms with van der Waals surface area (Å²) in [6.07, 6.45) is -4.89. The highest BCUT2D eigenvalue weighted by Gasteiger charge is 2.41. The number of carbonyl (C=O) groups excluding carboxylic acids is 1. The Bertz CT molecular complexity index is 1200. The molecular formula is C18H14ClF4N3O4S. The minimum absolute atomic E-state index is 0.112. The zero-order chi connectivity index (χ0) is 22.8. The van der Waals surface area contributed by atoms with Crippen molar-refractivity contribution in [1.82, 2.24) is 9.88 Å². The number of aromatic carboxylic acids is 1. The molecule has 2 aromatic rings. The summed E-state index contributed by atoms with van der Waals surface area (Å²) in [5.41, 5.74) is -1.27. The number of nitrogens with zero attached hydrogens (tertiary/aromatic N) is 2. The first-order chi connectivity index (χ1) is 14.4. The number of carboxylic acids is 1. The minimum Gasteiger partial charge on any atom is -0.477 e. The Labute approximate surface area is 180 Å². The van der Waals surface area contributed by atoms with E-state index in [-0.39, 0.29) is 51.5 Å². The lowest BCUT2D eigenvalue weighted by Gasteiger charge is -2.34. The molecule has 2 aliphatic rings. The first-order valence-electron chi connectivity index (χ1n) is 9.04. The number of nitrogens with one attached hydrogen (secondary N) is 1. The zero-order valence-electron chi connectivity index (χ0n) is 15.7. The second-order valence-electron chi connectivity index (χ2n) is 7.22. The summed E-state index contributed by atoms with van der Waals surface area (Å²) >= 11 is 7.63. The Hall–Kier alpha value is -2.47. The molecule has 2 aliphatic heterocycles.